The Kier molecular flexibility index (Phi) is 3.68. The van der Waals surface area contributed by atoms with E-state index in [2.05, 4.69) is 15.3 Å². The zero-order valence-corrected chi connectivity index (χ0v) is 12.0. The first-order valence-corrected chi connectivity index (χ1v) is 7.01. The van der Waals surface area contributed by atoms with Crippen molar-refractivity contribution >= 4 is 11.6 Å². The van der Waals surface area contributed by atoms with E-state index in [1.54, 1.807) is 6.07 Å². The molecular formula is C15H15ClFN3. The van der Waals surface area contributed by atoms with Crippen molar-refractivity contribution < 1.29 is 4.39 Å². The standard InChI is InChI=1S/C15H15ClFN3/c1-9-12-4-5-18-8-14(12)20-15(19-9)6-10-2-3-11(17)7-13(10)16/h2-3,7,18H,4-6,8H2,1H3. The van der Waals surface area contributed by atoms with Gasteiger partial charge in [0, 0.05) is 23.7 Å². The number of hydrogen-bond acceptors (Lipinski definition) is 3. The molecule has 0 saturated carbocycles. The molecule has 1 N–H and O–H groups in total. The first-order chi connectivity index (χ1) is 9.63. The molecule has 5 heteroatoms. The Bertz CT molecular complexity index is 658. The Morgan fingerprint density at radius 1 is 1.35 bits per heavy atom. The monoisotopic (exact) mass is 291 g/mol. The molecule has 1 aliphatic heterocycles. The molecule has 0 unspecified atom stereocenters. The lowest BCUT2D eigenvalue weighted by atomic mass is 10.0. The highest BCUT2D eigenvalue weighted by atomic mass is 35.5. The van der Waals surface area contributed by atoms with Crippen molar-refractivity contribution in [3.63, 3.8) is 0 Å². The van der Waals surface area contributed by atoms with Crippen molar-refractivity contribution in [3.8, 4) is 0 Å². The van der Waals surface area contributed by atoms with E-state index < -0.39 is 0 Å². The molecule has 3 nitrogen and oxygen atoms in total. The van der Waals surface area contributed by atoms with Crippen molar-refractivity contribution in [1.29, 1.82) is 0 Å². The molecule has 2 heterocycles. The van der Waals surface area contributed by atoms with Crippen molar-refractivity contribution in [2.75, 3.05) is 6.54 Å². The summed E-state index contributed by atoms with van der Waals surface area (Å²) >= 11 is 6.05. The molecule has 0 amide bonds. The van der Waals surface area contributed by atoms with Crippen LogP contribution in [0.15, 0.2) is 18.2 Å². The molecule has 0 radical (unpaired) electrons. The van der Waals surface area contributed by atoms with Crippen LogP contribution in [-0.4, -0.2) is 16.5 Å². The quantitative estimate of drug-likeness (QED) is 0.924. The number of nitrogens with one attached hydrogen (secondary N) is 1. The van der Waals surface area contributed by atoms with Crippen LogP contribution >= 0.6 is 11.6 Å². The van der Waals surface area contributed by atoms with Gasteiger partial charge in [-0.15, -0.1) is 0 Å². The lowest BCUT2D eigenvalue weighted by molar-refractivity contribution is 0.613. The summed E-state index contributed by atoms with van der Waals surface area (Å²) in [4.78, 5) is 9.16. The molecule has 1 aromatic heterocycles. The number of halogens is 2. The lowest BCUT2D eigenvalue weighted by Crippen LogP contribution is -2.26. The van der Waals surface area contributed by atoms with Gasteiger partial charge in [0.25, 0.3) is 0 Å². The van der Waals surface area contributed by atoms with Crippen LogP contribution < -0.4 is 5.32 Å². The highest BCUT2D eigenvalue weighted by molar-refractivity contribution is 6.31. The molecule has 104 valence electrons. The van der Waals surface area contributed by atoms with Gasteiger partial charge in [-0.1, -0.05) is 17.7 Å². The first-order valence-electron chi connectivity index (χ1n) is 6.63. The Labute approximate surface area is 122 Å². The maximum absolute atomic E-state index is 13.1. The number of aryl methyl sites for hydroxylation is 1. The third-order valence-corrected chi connectivity index (χ3v) is 3.91. The Morgan fingerprint density at radius 2 is 2.20 bits per heavy atom. The van der Waals surface area contributed by atoms with Gasteiger partial charge >= 0.3 is 0 Å². The predicted octanol–water partition coefficient (Wildman–Crippen LogP) is 2.81. The van der Waals surface area contributed by atoms with E-state index in [0.29, 0.717) is 11.4 Å². The predicted molar refractivity (Wildman–Crippen MR) is 76.4 cm³/mol. The average molecular weight is 292 g/mol. The van der Waals surface area contributed by atoms with E-state index in [9.17, 15) is 4.39 Å². The fourth-order valence-electron chi connectivity index (χ4n) is 2.52. The summed E-state index contributed by atoms with van der Waals surface area (Å²) in [5, 5.41) is 3.73. The van der Waals surface area contributed by atoms with Crippen LogP contribution in [0.2, 0.25) is 5.02 Å². The second kappa shape index (κ2) is 5.46. The smallest absolute Gasteiger partial charge is 0.133 e. The molecule has 1 aliphatic rings. The SMILES string of the molecule is Cc1nc(Cc2ccc(F)cc2Cl)nc2c1CCNC2. The first kappa shape index (κ1) is 13.5. The van der Waals surface area contributed by atoms with Gasteiger partial charge in [0.2, 0.25) is 0 Å². The molecule has 0 aliphatic carbocycles. The Hall–Kier alpha value is -1.52. The maximum Gasteiger partial charge on any atom is 0.133 e. The van der Waals surface area contributed by atoms with Crippen LogP contribution in [0.3, 0.4) is 0 Å². The van der Waals surface area contributed by atoms with Gasteiger partial charge in [-0.25, -0.2) is 14.4 Å². The topological polar surface area (TPSA) is 37.8 Å². The fraction of sp³-hybridized carbons (Fsp3) is 0.333. The third kappa shape index (κ3) is 2.67. The van der Waals surface area contributed by atoms with Crippen molar-refractivity contribution in [2.45, 2.75) is 26.3 Å². The molecule has 0 saturated heterocycles. The van der Waals surface area contributed by atoms with E-state index >= 15 is 0 Å². The number of rotatable bonds is 2. The lowest BCUT2D eigenvalue weighted by Gasteiger charge is -2.18. The highest BCUT2D eigenvalue weighted by Crippen LogP contribution is 2.21. The summed E-state index contributed by atoms with van der Waals surface area (Å²) in [5.41, 5.74) is 4.19. The fourth-order valence-corrected chi connectivity index (χ4v) is 2.76. The molecule has 2 aromatic rings. The van der Waals surface area contributed by atoms with Crippen LogP contribution in [0, 0.1) is 12.7 Å². The number of aromatic nitrogens is 2. The largest absolute Gasteiger partial charge is 0.311 e. The molecule has 0 bridgehead atoms. The molecule has 1 aromatic carbocycles. The Balaban J connectivity index is 1.93. The van der Waals surface area contributed by atoms with Gasteiger partial charge in [0.1, 0.15) is 11.6 Å². The van der Waals surface area contributed by atoms with E-state index in [4.69, 9.17) is 11.6 Å². The second-order valence-corrected chi connectivity index (χ2v) is 5.40. The van der Waals surface area contributed by atoms with E-state index in [0.717, 1.165) is 42.3 Å². The minimum absolute atomic E-state index is 0.328. The number of nitrogens with zero attached hydrogens (tertiary/aromatic N) is 2. The minimum Gasteiger partial charge on any atom is -0.311 e. The molecule has 20 heavy (non-hydrogen) atoms. The zero-order chi connectivity index (χ0) is 14.1. The van der Waals surface area contributed by atoms with Crippen LogP contribution in [-0.2, 0) is 19.4 Å². The van der Waals surface area contributed by atoms with Crippen LogP contribution in [0.4, 0.5) is 4.39 Å². The summed E-state index contributed by atoms with van der Waals surface area (Å²) in [6, 6.07) is 4.42. The number of fused-ring (bicyclic) bond motifs is 1. The van der Waals surface area contributed by atoms with Gasteiger partial charge in [0.05, 0.1) is 5.69 Å². The van der Waals surface area contributed by atoms with E-state index in [1.807, 2.05) is 6.92 Å². The molecular weight excluding hydrogens is 277 g/mol. The van der Waals surface area contributed by atoms with Crippen LogP contribution in [0.25, 0.3) is 0 Å². The third-order valence-electron chi connectivity index (χ3n) is 3.55. The van der Waals surface area contributed by atoms with Gasteiger partial charge in [-0.05, 0) is 43.1 Å². The summed E-state index contributed by atoms with van der Waals surface area (Å²) < 4.78 is 13.1. The second-order valence-electron chi connectivity index (χ2n) is 4.99. The van der Waals surface area contributed by atoms with Crippen molar-refractivity contribution in [2.24, 2.45) is 0 Å². The van der Waals surface area contributed by atoms with Gasteiger partial charge < -0.3 is 5.32 Å². The van der Waals surface area contributed by atoms with E-state index in [-0.39, 0.29) is 5.82 Å². The zero-order valence-electron chi connectivity index (χ0n) is 11.2. The highest BCUT2D eigenvalue weighted by Gasteiger charge is 2.15. The maximum atomic E-state index is 13.1. The molecule has 3 rings (SSSR count). The average Bonchev–Trinajstić information content (AvgIpc) is 2.42. The molecule has 0 atom stereocenters. The molecule has 0 fully saturated rings. The van der Waals surface area contributed by atoms with Crippen molar-refractivity contribution in [3.05, 3.63) is 57.4 Å². The van der Waals surface area contributed by atoms with Crippen molar-refractivity contribution in [1.82, 2.24) is 15.3 Å². The minimum atomic E-state index is -0.328. The summed E-state index contributed by atoms with van der Waals surface area (Å²) in [5.74, 6) is 0.406. The van der Waals surface area contributed by atoms with E-state index in [1.165, 1.54) is 17.7 Å². The summed E-state index contributed by atoms with van der Waals surface area (Å²) in [7, 11) is 0. The van der Waals surface area contributed by atoms with Crippen LogP contribution in [0.1, 0.15) is 28.3 Å². The summed E-state index contributed by atoms with van der Waals surface area (Å²) in [6.45, 7) is 3.77. The number of benzene rings is 1. The van der Waals surface area contributed by atoms with Crippen LogP contribution in [0.5, 0.6) is 0 Å². The van der Waals surface area contributed by atoms with Gasteiger partial charge in [-0.3, -0.25) is 0 Å². The summed E-state index contributed by atoms with van der Waals surface area (Å²) in [6.07, 6.45) is 1.49. The number of hydrogen-bond donors (Lipinski definition) is 1. The molecule has 0 spiro atoms. The van der Waals surface area contributed by atoms with Gasteiger partial charge in [-0.2, -0.15) is 0 Å². The Morgan fingerprint density at radius 3 is 3.00 bits per heavy atom. The van der Waals surface area contributed by atoms with Gasteiger partial charge in [0.15, 0.2) is 0 Å². The normalized spacial score (nSPS) is 14.2.